The fraction of sp³-hybridized carbons (Fsp3) is 0.389. The Morgan fingerprint density at radius 1 is 1.20 bits per heavy atom. The van der Waals surface area contributed by atoms with Gasteiger partial charge >= 0.3 is 0 Å². The number of likely N-dealkylation sites (tertiary alicyclic amines) is 1. The molecule has 3 heterocycles. The third-order valence-electron chi connectivity index (χ3n) is 4.38. The van der Waals surface area contributed by atoms with E-state index >= 15 is 0 Å². The molecule has 1 saturated heterocycles. The van der Waals surface area contributed by atoms with E-state index in [4.69, 9.17) is 14.2 Å². The number of fused-ring (bicyclic) bond motifs is 1. The Balaban J connectivity index is 1.40. The first-order valence-electron chi connectivity index (χ1n) is 8.36. The van der Waals surface area contributed by atoms with Gasteiger partial charge in [-0.05, 0) is 25.1 Å². The van der Waals surface area contributed by atoms with Crippen LogP contribution in [-0.2, 0) is 4.79 Å². The zero-order chi connectivity index (χ0) is 17.2. The molecule has 0 spiro atoms. The summed E-state index contributed by atoms with van der Waals surface area (Å²) in [6.45, 7) is 2.98. The highest BCUT2D eigenvalue weighted by Crippen LogP contribution is 2.34. The van der Waals surface area contributed by atoms with Crippen molar-refractivity contribution in [3.63, 3.8) is 0 Å². The number of rotatable bonds is 3. The van der Waals surface area contributed by atoms with Gasteiger partial charge in [0.2, 0.25) is 12.0 Å². The van der Waals surface area contributed by atoms with E-state index in [1.807, 2.05) is 31.2 Å². The number of carbonyl (C=O) groups excluding carboxylic acids is 1. The quantitative estimate of drug-likeness (QED) is 0.846. The minimum absolute atomic E-state index is 0.0766. The zero-order valence-electron chi connectivity index (χ0n) is 13.9. The van der Waals surface area contributed by atoms with Crippen LogP contribution in [0.5, 0.6) is 17.4 Å². The molecule has 7 heteroatoms. The Kier molecular flexibility index (Phi) is 4.13. The molecular formula is C18H19N3O4. The highest BCUT2D eigenvalue weighted by molar-refractivity contribution is 5.82. The molecule has 1 aromatic carbocycles. The molecule has 0 radical (unpaired) electrons. The van der Waals surface area contributed by atoms with Crippen LogP contribution in [0, 0.1) is 0 Å². The number of benzene rings is 1. The predicted molar refractivity (Wildman–Crippen MR) is 88.6 cm³/mol. The molecule has 0 N–H and O–H groups in total. The number of hydrogen-bond acceptors (Lipinski definition) is 6. The summed E-state index contributed by atoms with van der Waals surface area (Å²) in [6, 6.07) is 10.9. The SMILES string of the molecule is CC1Oc2ccccc2OC1C(=O)N1CCC(Oc2cccnn2)C1. The maximum absolute atomic E-state index is 12.9. The highest BCUT2D eigenvalue weighted by atomic mass is 16.6. The van der Waals surface area contributed by atoms with Crippen LogP contribution < -0.4 is 14.2 Å². The van der Waals surface area contributed by atoms with Gasteiger partial charge in [0.15, 0.2) is 11.5 Å². The lowest BCUT2D eigenvalue weighted by Crippen LogP contribution is -2.50. The first-order chi connectivity index (χ1) is 12.2. The van der Waals surface area contributed by atoms with E-state index in [9.17, 15) is 4.79 Å². The lowest BCUT2D eigenvalue weighted by Gasteiger charge is -2.33. The topological polar surface area (TPSA) is 73.8 Å². The van der Waals surface area contributed by atoms with Crippen LogP contribution in [0.1, 0.15) is 13.3 Å². The van der Waals surface area contributed by atoms with E-state index < -0.39 is 6.10 Å². The number of aromatic nitrogens is 2. The van der Waals surface area contributed by atoms with Gasteiger partial charge in [-0.1, -0.05) is 12.1 Å². The van der Waals surface area contributed by atoms with Crippen LogP contribution >= 0.6 is 0 Å². The number of ether oxygens (including phenoxy) is 3. The first-order valence-corrected chi connectivity index (χ1v) is 8.36. The first kappa shape index (κ1) is 15.7. The minimum atomic E-state index is -0.648. The summed E-state index contributed by atoms with van der Waals surface area (Å²) >= 11 is 0. The average Bonchev–Trinajstić information content (AvgIpc) is 3.10. The fourth-order valence-electron chi connectivity index (χ4n) is 3.12. The van der Waals surface area contributed by atoms with Crippen LogP contribution in [0.2, 0.25) is 0 Å². The molecule has 2 aliphatic rings. The molecule has 4 rings (SSSR count). The number of carbonyl (C=O) groups is 1. The molecule has 2 aromatic rings. The molecular weight excluding hydrogens is 322 g/mol. The van der Waals surface area contributed by atoms with Gasteiger partial charge < -0.3 is 19.1 Å². The van der Waals surface area contributed by atoms with E-state index in [1.165, 1.54) is 0 Å². The smallest absolute Gasteiger partial charge is 0.267 e. The lowest BCUT2D eigenvalue weighted by atomic mass is 10.1. The second-order valence-corrected chi connectivity index (χ2v) is 6.18. The van der Waals surface area contributed by atoms with Gasteiger partial charge in [0.05, 0.1) is 6.54 Å². The van der Waals surface area contributed by atoms with Gasteiger partial charge in [-0.2, -0.15) is 5.10 Å². The van der Waals surface area contributed by atoms with Crippen molar-refractivity contribution in [1.29, 1.82) is 0 Å². The minimum Gasteiger partial charge on any atom is -0.482 e. The molecule has 0 bridgehead atoms. The van der Waals surface area contributed by atoms with Crippen molar-refractivity contribution in [2.45, 2.75) is 31.7 Å². The Morgan fingerprint density at radius 2 is 2.00 bits per heavy atom. The number of para-hydroxylation sites is 2. The van der Waals surface area contributed by atoms with Crippen LogP contribution in [0.25, 0.3) is 0 Å². The summed E-state index contributed by atoms with van der Waals surface area (Å²) < 4.78 is 17.5. The Bertz CT molecular complexity index is 755. The van der Waals surface area contributed by atoms with E-state index in [2.05, 4.69) is 10.2 Å². The summed E-state index contributed by atoms with van der Waals surface area (Å²) in [6.07, 6.45) is 1.26. The summed E-state index contributed by atoms with van der Waals surface area (Å²) in [5.41, 5.74) is 0. The van der Waals surface area contributed by atoms with E-state index in [0.717, 1.165) is 6.42 Å². The van der Waals surface area contributed by atoms with Gasteiger partial charge in [-0.3, -0.25) is 4.79 Å². The van der Waals surface area contributed by atoms with Crippen molar-refractivity contribution >= 4 is 5.91 Å². The molecule has 3 atom stereocenters. The molecule has 2 aliphatic heterocycles. The van der Waals surface area contributed by atoms with Gasteiger partial charge in [0.25, 0.3) is 5.91 Å². The Hall–Kier alpha value is -2.83. The standard InChI is InChI=1S/C18H19N3O4/c1-12-17(25-15-6-3-2-5-14(15)23-12)18(22)21-10-8-13(11-21)24-16-7-4-9-19-20-16/h2-7,9,12-13,17H,8,10-11H2,1H3. The molecule has 25 heavy (non-hydrogen) atoms. The largest absolute Gasteiger partial charge is 0.482 e. The van der Waals surface area contributed by atoms with Crippen molar-refractivity contribution < 1.29 is 19.0 Å². The van der Waals surface area contributed by atoms with Crippen molar-refractivity contribution in [3.8, 4) is 17.4 Å². The second-order valence-electron chi connectivity index (χ2n) is 6.18. The molecule has 7 nitrogen and oxygen atoms in total. The van der Waals surface area contributed by atoms with Crippen LogP contribution in [0.3, 0.4) is 0 Å². The van der Waals surface area contributed by atoms with E-state index in [-0.39, 0.29) is 18.1 Å². The van der Waals surface area contributed by atoms with E-state index in [0.29, 0.717) is 30.5 Å². The van der Waals surface area contributed by atoms with Gasteiger partial charge in [-0.25, -0.2) is 0 Å². The maximum Gasteiger partial charge on any atom is 0.267 e. The zero-order valence-corrected chi connectivity index (χ0v) is 13.9. The van der Waals surface area contributed by atoms with Gasteiger partial charge in [0, 0.05) is 25.2 Å². The molecule has 130 valence electrons. The average molecular weight is 341 g/mol. The third kappa shape index (κ3) is 3.22. The van der Waals surface area contributed by atoms with Gasteiger partial charge in [0.1, 0.15) is 12.2 Å². The van der Waals surface area contributed by atoms with Crippen LogP contribution in [0.4, 0.5) is 0 Å². The molecule has 1 fully saturated rings. The Morgan fingerprint density at radius 3 is 2.76 bits per heavy atom. The lowest BCUT2D eigenvalue weighted by molar-refractivity contribution is -0.143. The fourth-order valence-corrected chi connectivity index (χ4v) is 3.12. The van der Waals surface area contributed by atoms with E-state index in [1.54, 1.807) is 23.2 Å². The summed E-state index contributed by atoms with van der Waals surface area (Å²) in [5.74, 6) is 1.67. The molecule has 1 amide bonds. The number of amides is 1. The van der Waals surface area contributed by atoms with Crippen LogP contribution in [-0.4, -0.2) is 52.4 Å². The number of hydrogen-bond donors (Lipinski definition) is 0. The molecule has 3 unspecified atom stereocenters. The van der Waals surface area contributed by atoms with Gasteiger partial charge in [-0.15, -0.1) is 5.10 Å². The molecule has 0 aliphatic carbocycles. The maximum atomic E-state index is 12.9. The summed E-state index contributed by atoms with van der Waals surface area (Å²) in [5, 5.41) is 7.71. The summed E-state index contributed by atoms with van der Waals surface area (Å²) in [7, 11) is 0. The molecule has 1 aromatic heterocycles. The monoisotopic (exact) mass is 341 g/mol. The van der Waals surface area contributed by atoms with Crippen molar-refractivity contribution in [3.05, 3.63) is 42.6 Å². The predicted octanol–water partition coefficient (Wildman–Crippen LogP) is 1.68. The summed E-state index contributed by atoms with van der Waals surface area (Å²) in [4.78, 5) is 14.6. The normalized spacial score (nSPS) is 24.8. The second kappa shape index (κ2) is 6.58. The number of nitrogens with zero attached hydrogens (tertiary/aromatic N) is 3. The molecule has 0 saturated carbocycles. The van der Waals surface area contributed by atoms with Crippen molar-refractivity contribution in [2.75, 3.05) is 13.1 Å². The van der Waals surface area contributed by atoms with Crippen LogP contribution in [0.15, 0.2) is 42.6 Å². The third-order valence-corrected chi connectivity index (χ3v) is 4.38. The highest BCUT2D eigenvalue weighted by Gasteiger charge is 2.39. The van der Waals surface area contributed by atoms with Crippen molar-refractivity contribution in [1.82, 2.24) is 15.1 Å². The van der Waals surface area contributed by atoms with Crippen molar-refractivity contribution in [2.24, 2.45) is 0 Å². The Labute approximate surface area is 145 Å².